The maximum absolute atomic E-state index is 9.67. The maximum Gasteiger partial charge on any atom is 0.161 e. The van der Waals surface area contributed by atoms with Gasteiger partial charge in [0, 0.05) is 10.6 Å². The second kappa shape index (κ2) is 10.4. The number of rotatable bonds is 8. The summed E-state index contributed by atoms with van der Waals surface area (Å²) in [5.41, 5.74) is 7.79. The first-order valence-corrected chi connectivity index (χ1v) is 9.93. The van der Waals surface area contributed by atoms with Crippen molar-refractivity contribution in [2.75, 3.05) is 19.5 Å². The standard InChI is InChI=1S/C23H20ClN5O3/c1-31-21-11-15(6-7-20(21)32-14-16-4-2-3-5-19(16)24)10-17(12-25)22-18(13-26)23(27)29(28-22)8-9-30/h2-7,10-11,30H,8-9,14,27H2,1H3/b17-10+. The zero-order valence-corrected chi connectivity index (χ0v) is 18.0. The predicted octanol–water partition coefficient (Wildman–Crippen LogP) is 3.63. The lowest BCUT2D eigenvalue weighted by Crippen LogP contribution is -2.07. The van der Waals surface area contributed by atoms with E-state index >= 15 is 0 Å². The van der Waals surface area contributed by atoms with E-state index in [9.17, 15) is 10.5 Å². The van der Waals surface area contributed by atoms with E-state index in [0.29, 0.717) is 22.1 Å². The fourth-order valence-corrected chi connectivity index (χ4v) is 3.21. The van der Waals surface area contributed by atoms with Gasteiger partial charge in [-0.15, -0.1) is 0 Å². The van der Waals surface area contributed by atoms with Crippen molar-refractivity contribution in [2.24, 2.45) is 0 Å². The summed E-state index contributed by atoms with van der Waals surface area (Å²) in [6, 6.07) is 16.6. The van der Waals surface area contributed by atoms with Crippen LogP contribution in [0.3, 0.4) is 0 Å². The van der Waals surface area contributed by atoms with Crippen molar-refractivity contribution in [3.63, 3.8) is 0 Å². The molecule has 0 bridgehead atoms. The van der Waals surface area contributed by atoms with E-state index < -0.39 is 0 Å². The monoisotopic (exact) mass is 449 g/mol. The van der Waals surface area contributed by atoms with Gasteiger partial charge >= 0.3 is 0 Å². The molecule has 0 unspecified atom stereocenters. The second-order valence-corrected chi connectivity index (χ2v) is 7.03. The molecule has 2 aromatic carbocycles. The fraction of sp³-hybridized carbons (Fsp3) is 0.174. The van der Waals surface area contributed by atoms with Gasteiger partial charge in [-0.05, 0) is 29.8 Å². The van der Waals surface area contributed by atoms with Gasteiger partial charge in [0.25, 0.3) is 0 Å². The number of halogens is 1. The van der Waals surface area contributed by atoms with Gasteiger partial charge in [-0.2, -0.15) is 15.6 Å². The molecule has 1 aromatic heterocycles. The van der Waals surface area contributed by atoms with Crippen LogP contribution in [0.2, 0.25) is 5.02 Å². The molecule has 32 heavy (non-hydrogen) atoms. The number of nitrogens with zero attached hydrogens (tertiary/aromatic N) is 4. The number of benzene rings is 2. The highest BCUT2D eigenvalue weighted by molar-refractivity contribution is 6.31. The van der Waals surface area contributed by atoms with E-state index in [1.807, 2.05) is 24.3 Å². The molecule has 9 heteroatoms. The second-order valence-electron chi connectivity index (χ2n) is 6.63. The number of aliphatic hydroxyl groups is 1. The third-order valence-corrected chi connectivity index (χ3v) is 5.00. The van der Waals surface area contributed by atoms with Gasteiger partial charge in [0.05, 0.1) is 25.8 Å². The van der Waals surface area contributed by atoms with Gasteiger partial charge in [-0.1, -0.05) is 35.9 Å². The molecule has 0 aliphatic carbocycles. The fourth-order valence-electron chi connectivity index (χ4n) is 3.02. The first kappa shape index (κ1) is 22.7. The summed E-state index contributed by atoms with van der Waals surface area (Å²) in [6.07, 6.45) is 1.58. The van der Waals surface area contributed by atoms with Gasteiger partial charge in [-0.25, -0.2) is 4.68 Å². The zero-order chi connectivity index (χ0) is 23.1. The molecule has 0 atom stereocenters. The van der Waals surface area contributed by atoms with Crippen LogP contribution in [0.5, 0.6) is 11.5 Å². The Morgan fingerprint density at radius 1 is 1.25 bits per heavy atom. The van der Waals surface area contributed by atoms with Crippen LogP contribution >= 0.6 is 11.6 Å². The van der Waals surface area contributed by atoms with Crippen LogP contribution in [-0.4, -0.2) is 28.6 Å². The first-order valence-electron chi connectivity index (χ1n) is 9.56. The lowest BCUT2D eigenvalue weighted by molar-refractivity contribution is 0.270. The molecule has 3 N–H and O–H groups in total. The molecule has 0 radical (unpaired) electrons. The lowest BCUT2D eigenvalue weighted by atomic mass is 10.1. The number of allylic oxidation sites excluding steroid dienone is 1. The maximum atomic E-state index is 9.67. The summed E-state index contributed by atoms with van der Waals surface area (Å²) in [6.45, 7) is 0.181. The summed E-state index contributed by atoms with van der Waals surface area (Å²) in [5, 5.41) is 33.1. The number of nitrogen functional groups attached to an aromatic ring is 1. The van der Waals surface area contributed by atoms with Crippen molar-refractivity contribution in [2.45, 2.75) is 13.2 Å². The Labute approximate surface area is 190 Å². The molecule has 0 saturated heterocycles. The molecular weight excluding hydrogens is 430 g/mol. The van der Waals surface area contributed by atoms with Crippen LogP contribution < -0.4 is 15.2 Å². The van der Waals surface area contributed by atoms with Crippen molar-refractivity contribution in [1.29, 1.82) is 10.5 Å². The highest BCUT2D eigenvalue weighted by Crippen LogP contribution is 2.32. The van der Waals surface area contributed by atoms with Crippen molar-refractivity contribution >= 4 is 29.1 Å². The number of methoxy groups -OCH3 is 1. The molecule has 1 heterocycles. The van der Waals surface area contributed by atoms with Crippen LogP contribution in [0.15, 0.2) is 42.5 Å². The first-order chi connectivity index (χ1) is 15.5. The molecular formula is C23H20ClN5O3. The minimum absolute atomic E-state index is 0.0814. The Kier molecular flexibility index (Phi) is 7.35. The molecule has 0 spiro atoms. The normalized spacial score (nSPS) is 11.0. The number of hydrogen-bond donors (Lipinski definition) is 2. The quantitative estimate of drug-likeness (QED) is 0.502. The van der Waals surface area contributed by atoms with Crippen molar-refractivity contribution in [1.82, 2.24) is 9.78 Å². The number of aliphatic hydroxyl groups excluding tert-OH is 1. The number of hydrogen-bond acceptors (Lipinski definition) is 7. The SMILES string of the molecule is COc1cc(/C=C(\C#N)c2nn(CCO)c(N)c2C#N)ccc1OCc1ccccc1Cl. The summed E-state index contributed by atoms with van der Waals surface area (Å²) >= 11 is 6.18. The molecule has 8 nitrogen and oxygen atoms in total. The van der Waals surface area contributed by atoms with E-state index in [-0.39, 0.29) is 42.4 Å². The van der Waals surface area contributed by atoms with Gasteiger partial charge in [0.2, 0.25) is 0 Å². The van der Waals surface area contributed by atoms with E-state index in [4.69, 9.17) is 31.9 Å². The molecule has 0 aliphatic rings. The van der Waals surface area contributed by atoms with Gasteiger partial charge in [-0.3, -0.25) is 0 Å². The molecule has 0 fully saturated rings. The Morgan fingerprint density at radius 3 is 2.69 bits per heavy atom. The number of nitrogens with two attached hydrogens (primary N) is 1. The van der Waals surface area contributed by atoms with Gasteiger partial charge in [0.15, 0.2) is 11.5 Å². The largest absolute Gasteiger partial charge is 0.493 e. The van der Waals surface area contributed by atoms with Crippen LogP contribution in [0.25, 0.3) is 11.6 Å². The minimum atomic E-state index is -0.200. The molecule has 3 aromatic rings. The van der Waals surface area contributed by atoms with Crippen molar-refractivity contribution < 1.29 is 14.6 Å². The summed E-state index contributed by atoms with van der Waals surface area (Å²) in [5.74, 6) is 1.07. The molecule has 0 aliphatic heterocycles. The van der Waals surface area contributed by atoms with Crippen molar-refractivity contribution in [3.05, 3.63) is 69.9 Å². The average Bonchev–Trinajstić information content (AvgIpc) is 3.12. The molecule has 3 rings (SSSR count). The van der Waals surface area contributed by atoms with E-state index in [1.54, 1.807) is 30.3 Å². The highest BCUT2D eigenvalue weighted by atomic mass is 35.5. The molecule has 0 amide bonds. The Morgan fingerprint density at radius 2 is 2.03 bits per heavy atom. The zero-order valence-electron chi connectivity index (χ0n) is 17.2. The topological polar surface area (TPSA) is 130 Å². The number of ether oxygens (including phenoxy) is 2. The third-order valence-electron chi connectivity index (χ3n) is 4.63. The van der Waals surface area contributed by atoms with Crippen LogP contribution in [0.1, 0.15) is 22.4 Å². The lowest BCUT2D eigenvalue weighted by Gasteiger charge is -2.12. The van der Waals surface area contributed by atoms with E-state index in [2.05, 4.69) is 11.2 Å². The van der Waals surface area contributed by atoms with Crippen LogP contribution in [0, 0.1) is 22.7 Å². The summed E-state index contributed by atoms with van der Waals surface area (Å²) in [4.78, 5) is 0. The van der Waals surface area contributed by atoms with Crippen LogP contribution in [0.4, 0.5) is 5.82 Å². The Bertz CT molecular complexity index is 1240. The smallest absolute Gasteiger partial charge is 0.161 e. The number of aromatic nitrogens is 2. The predicted molar refractivity (Wildman–Crippen MR) is 121 cm³/mol. The Hall–Kier alpha value is -3.98. The van der Waals surface area contributed by atoms with E-state index in [0.717, 1.165) is 5.56 Å². The molecule has 0 saturated carbocycles. The van der Waals surface area contributed by atoms with E-state index in [1.165, 1.54) is 11.8 Å². The summed E-state index contributed by atoms with van der Waals surface area (Å²) < 4.78 is 12.6. The third kappa shape index (κ3) is 4.84. The number of nitriles is 2. The number of anilines is 1. The minimum Gasteiger partial charge on any atom is -0.493 e. The highest BCUT2D eigenvalue weighted by Gasteiger charge is 2.19. The molecule has 162 valence electrons. The Balaban J connectivity index is 1.91. The average molecular weight is 450 g/mol. The van der Waals surface area contributed by atoms with Gasteiger partial charge < -0.3 is 20.3 Å². The van der Waals surface area contributed by atoms with Crippen molar-refractivity contribution in [3.8, 4) is 23.6 Å². The van der Waals surface area contributed by atoms with Crippen LogP contribution in [-0.2, 0) is 13.2 Å². The van der Waals surface area contributed by atoms with Gasteiger partial charge in [0.1, 0.15) is 35.8 Å². The summed E-state index contributed by atoms with van der Waals surface area (Å²) in [7, 11) is 1.52.